The van der Waals surface area contributed by atoms with Crippen LogP contribution in [0, 0.1) is 17.7 Å². The molecule has 1 aliphatic rings. The van der Waals surface area contributed by atoms with Gasteiger partial charge in [0, 0.05) is 24.2 Å². The molecular weight excluding hydrogens is 367 g/mol. The van der Waals surface area contributed by atoms with Crippen LogP contribution in [0.5, 0.6) is 11.5 Å². The fraction of sp³-hybridized carbons (Fsp3) is 0.360. The predicted octanol–water partition coefficient (Wildman–Crippen LogP) is 5.26. The van der Waals surface area contributed by atoms with Crippen LogP contribution in [0.4, 0.5) is 4.39 Å². The lowest BCUT2D eigenvalue weighted by molar-refractivity contribution is 0.285. The first kappa shape index (κ1) is 21.0. The molecule has 2 aromatic rings. The molecule has 2 aromatic carbocycles. The van der Waals surface area contributed by atoms with Crippen LogP contribution in [0.25, 0.3) is 11.1 Å². The number of hydrogen-bond donors (Lipinski definition) is 1. The highest BCUT2D eigenvalue weighted by Gasteiger charge is 2.20. The zero-order valence-electron chi connectivity index (χ0n) is 17.1. The summed E-state index contributed by atoms with van der Waals surface area (Å²) in [6.45, 7) is 0.174. The van der Waals surface area contributed by atoms with Crippen LogP contribution in [0.3, 0.4) is 0 Å². The fourth-order valence-electron chi connectivity index (χ4n) is 3.64. The van der Waals surface area contributed by atoms with Crippen LogP contribution in [-0.2, 0) is 6.42 Å². The Labute approximate surface area is 172 Å². The Hall–Kier alpha value is -2.77. The molecule has 29 heavy (non-hydrogen) atoms. The van der Waals surface area contributed by atoms with Crippen LogP contribution < -0.4 is 9.47 Å². The first-order chi connectivity index (χ1) is 14.2. The molecule has 0 atom stereocenters. The number of unbranched alkanes of at least 4 members (excludes halogenated alkanes) is 2. The monoisotopic (exact) mass is 394 g/mol. The average molecular weight is 394 g/mol. The zero-order chi connectivity index (χ0) is 20.6. The van der Waals surface area contributed by atoms with Crippen molar-refractivity contribution in [2.24, 2.45) is 0 Å². The number of fused-ring (bicyclic) bond motifs is 1. The normalized spacial score (nSPS) is 13.2. The Balaban J connectivity index is 2.15. The molecule has 152 valence electrons. The van der Waals surface area contributed by atoms with Crippen LogP contribution in [0.2, 0.25) is 0 Å². The minimum absolute atomic E-state index is 0.174. The number of methoxy groups -OCH3 is 2. The molecule has 0 spiro atoms. The SMILES string of the molecule is COc1ccc2c(c1)CCCC(c1cc(OC)ccc1F)=C2C#CCCCCO. The second kappa shape index (κ2) is 10.1. The van der Waals surface area contributed by atoms with E-state index in [1.165, 1.54) is 11.6 Å². The van der Waals surface area contributed by atoms with Gasteiger partial charge in [0.05, 0.1) is 14.2 Å². The molecule has 3 nitrogen and oxygen atoms in total. The summed E-state index contributed by atoms with van der Waals surface area (Å²) in [4.78, 5) is 0. The van der Waals surface area contributed by atoms with Gasteiger partial charge in [0.2, 0.25) is 0 Å². The second-order valence-corrected chi connectivity index (χ2v) is 7.06. The summed E-state index contributed by atoms with van der Waals surface area (Å²) in [5.74, 6) is 7.73. The Bertz CT molecular complexity index is 950. The van der Waals surface area contributed by atoms with Crippen LogP contribution in [-0.4, -0.2) is 25.9 Å². The van der Waals surface area contributed by atoms with Gasteiger partial charge >= 0.3 is 0 Å². The van der Waals surface area contributed by atoms with E-state index in [2.05, 4.69) is 11.8 Å². The summed E-state index contributed by atoms with van der Waals surface area (Å²) in [5, 5.41) is 8.98. The summed E-state index contributed by atoms with van der Waals surface area (Å²) < 4.78 is 25.5. The quantitative estimate of drug-likeness (QED) is 0.537. The summed E-state index contributed by atoms with van der Waals surface area (Å²) in [6.07, 6.45) is 4.80. The van der Waals surface area contributed by atoms with Gasteiger partial charge < -0.3 is 14.6 Å². The van der Waals surface area contributed by atoms with Crippen molar-refractivity contribution in [2.75, 3.05) is 20.8 Å². The number of aryl methyl sites for hydroxylation is 1. The third kappa shape index (κ3) is 4.99. The van der Waals surface area contributed by atoms with Crippen molar-refractivity contribution >= 4 is 11.1 Å². The largest absolute Gasteiger partial charge is 0.497 e. The van der Waals surface area contributed by atoms with E-state index in [1.807, 2.05) is 18.2 Å². The zero-order valence-corrected chi connectivity index (χ0v) is 17.1. The van der Waals surface area contributed by atoms with Gasteiger partial charge in [0.15, 0.2) is 0 Å². The van der Waals surface area contributed by atoms with Crippen molar-refractivity contribution in [1.82, 2.24) is 0 Å². The highest BCUT2D eigenvalue weighted by Crippen LogP contribution is 2.38. The van der Waals surface area contributed by atoms with Gasteiger partial charge in [0.25, 0.3) is 0 Å². The van der Waals surface area contributed by atoms with Crippen molar-refractivity contribution in [3.8, 4) is 23.3 Å². The molecule has 0 bridgehead atoms. The average Bonchev–Trinajstić information content (AvgIpc) is 2.92. The number of allylic oxidation sites excluding steroid dienone is 2. The van der Waals surface area contributed by atoms with E-state index in [9.17, 15) is 4.39 Å². The Kier molecular flexibility index (Phi) is 7.32. The number of benzene rings is 2. The van der Waals surface area contributed by atoms with Crippen molar-refractivity contribution in [3.63, 3.8) is 0 Å². The van der Waals surface area contributed by atoms with Gasteiger partial charge in [0.1, 0.15) is 17.3 Å². The number of ether oxygens (including phenoxy) is 2. The first-order valence-electron chi connectivity index (χ1n) is 10.0. The number of hydrogen-bond acceptors (Lipinski definition) is 3. The van der Waals surface area contributed by atoms with Gasteiger partial charge in [-0.3, -0.25) is 0 Å². The highest BCUT2D eigenvalue weighted by atomic mass is 19.1. The second-order valence-electron chi connectivity index (χ2n) is 7.06. The van der Waals surface area contributed by atoms with Gasteiger partial charge in [-0.1, -0.05) is 11.8 Å². The maximum absolute atomic E-state index is 14.8. The first-order valence-corrected chi connectivity index (χ1v) is 10.0. The van der Waals surface area contributed by atoms with Crippen molar-refractivity contribution < 1.29 is 19.0 Å². The number of halogens is 1. The highest BCUT2D eigenvalue weighted by molar-refractivity contribution is 6.00. The maximum atomic E-state index is 14.8. The summed E-state index contributed by atoms with van der Waals surface area (Å²) in [7, 11) is 3.25. The van der Waals surface area contributed by atoms with E-state index in [4.69, 9.17) is 14.6 Å². The smallest absolute Gasteiger partial charge is 0.131 e. The molecule has 0 radical (unpaired) electrons. The molecule has 0 unspecified atom stereocenters. The number of rotatable bonds is 6. The van der Waals surface area contributed by atoms with E-state index in [0.29, 0.717) is 17.7 Å². The topological polar surface area (TPSA) is 38.7 Å². The standard InChI is InChI=1S/C25H27FO3/c1-28-19-11-13-21-18(16-19)8-7-10-23(22(21)9-5-3-4-6-15-27)24-17-20(29-2)12-14-25(24)26/h11-14,16-17,27H,3-4,6-8,10,15H2,1-2H3. The number of aliphatic hydroxyl groups excluding tert-OH is 1. The molecule has 0 heterocycles. The summed E-state index contributed by atoms with van der Waals surface area (Å²) in [6, 6.07) is 10.8. The third-order valence-corrected chi connectivity index (χ3v) is 5.18. The molecule has 0 fully saturated rings. The molecule has 0 saturated carbocycles. The molecular formula is C25H27FO3. The lowest BCUT2D eigenvalue weighted by atomic mass is 9.92. The van der Waals surface area contributed by atoms with Crippen LogP contribution >= 0.6 is 0 Å². The lowest BCUT2D eigenvalue weighted by Gasteiger charge is -2.13. The molecule has 1 aliphatic carbocycles. The van der Waals surface area contributed by atoms with Crippen LogP contribution in [0.15, 0.2) is 36.4 Å². The van der Waals surface area contributed by atoms with E-state index < -0.39 is 0 Å². The van der Waals surface area contributed by atoms with E-state index in [-0.39, 0.29) is 12.4 Å². The van der Waals surface area contributed by atoms with E-state index in [1.54, 1.807) is 26.4 Å². The Morgan fingerprint density at radius 3 is 2.48 bits per heavy atom. The van der Waals surface area contributed by atoms with Crippen LogP contribution in [0.1, 0.15) is 48.8 Å². The van der Waals surface area contributed by atoms with Crippen molar-refractivity contribution in [3.05, 3.63) is 58.9 Å². The Morgan fingerprint density at radius 2 is 1.72 bits per heavy atom. The van der Waals surface area contributed by atoms with Crippen molar-refractivity contribution in [2.45, 2.75) is 38.5 Å². The molecule has 0 aliphatic heterocycles. The molecule has 1 N–H and O–H groups in total. The predicted molar refractivity (Wildman–Crippen MR) is 114 cm³/mol. The molecule has 0 saturated heterocycles. The molecule has 0 amide bonds. The lowest BCUT2D eigenvalue weighted by Crippen LogP contribution is -1.96. The van der Waals surface area contributed by atoms with Crippen molar-refractivity contribution in [1.29, 1.82) is 0 Å². The third-order valence-electron chi connectivity index (χ3n) is 5.18. The van der Waals surface area contributed by atoms with Gasteiger partial charge in [-0.25, -0.2) is 4.39 Å². The van der Waals surface area contributed by atoms with Gasteiger partial charge in [-0.15, -0.1) is 0 Å². The Morgan fingerprint density at radius 1 is 0.966 bits per heavy atom. The molecule has 4 heteroatoms. The minimum atomic E-state index is -0.266. The van der Waals surface area contributed by atoms with E-state index in [0.717, 1.165) is 54.6 Å². The molecule has 3 rings (SSSR count). The maximum Gasteiger partial charge on any atom is 0.131 e. The molecule has 0 aromatic heterocycles. The summed E-state index contributed by atoms with van der Waals surface area (Å²) >= 11 is 0. The van der Waals surface area contributed by atoms with Gasteiger partial charge in [-0.2, -0.15) is 0 Å². The number of aliphatic hydroxyl groups is 1. The summed E-state index contributed by atoms with van der Waals surface area (Å²) in [5.41, 5.74) is 4.54. The van der Waals surface area contributed by atoms with Gasteiger partial charge in [-0.05, 0) is 85.2 Å². The minimum Gasteiger partial charge on any atom is -0.497 e. The van der Waals surface area contributed by atoms with E-state index >= 15 is 0 Å². The fourth-order valence-corrected chi connectivity index (χ4v) is 3.64.